The van der Waals surface area contributed by atoms with Crippen molar-refractivity contribution in [3.63, 3.8) is 0 Å². The average Bonchev–Trinajstić information content (AvgIpc) is 2.74. The van der Waals surface area contributed by atoms with E-state index in [1.54, 1.807) is 23.4 Å². The predicted octanol–water partition coefficient (Wildman–Crippen LogP) is 2.01. The lowest BCUT2D eigenvalue weighted by Crippen LogP contribution is -2.34. The lowest BCUT2D eigenvalue weighted by Gasteiger charge is -2.22. The summed E-state index contributed by atoms with van der Waals surface area (Å²) in [5.74, 6) is 0.240. The molecule has 1 aliphatic rings. The third-order valence-electron chi connectivity index (χ3n) is 3.67. The largest absolute Gasteiger partial charge is 0.330 e. The minimum absolute atomic E-state index is 0.0167. The average molecular weight is 303 g/mol. The molecule has 1 aromatic carbocycles. The minimum Gasteiger partial charge on any atom is -0.330 e. The van der Waals surface area contributed by atoms with Crippen LogP contribution >= 0.6 is 11.6 Å². The van der Waals surface area contributed by atoms with Gasteiger partial charge < -0.3 is 5.73 Å². The zero-order chi connectivity index (χ0) is 14.2. The molecular weight excluding hydrogens is 284 g/mol. The van der Waals surface area contributed by atoms with Gasteiger partial charge in [-0.25, -0.2) is 8.42 Å². The second kappa shape index (κ2) is 5.40. The van der Waals surface area contributed by atoms with Crippen molar-refractivity contribution >= 4 is 21.6 Å². The van der Waals surface area contributed by atoms with Crippen molar-refractivity contribution in [2.45, 2.75) is 31.2 Å². The zero-order valence-corrected chi connectivity index (χ0v) is 12.7. The van der Waals surface area contributed by atoms with E-state index in [2.05, 4.69) is 0 Å². The van der Waals surface area contributed by atoms with Crippen molar-refractivity contribution in [1.82, 2.24) is 4.31 Å². The Morgan fingerprint density at radius 3 is 2.74 bits per heavy atom. The fourth-order valence-electron chi connectivity index (χ4n) is 2.59. The van der Waals surface area contributed by atoms with Crippen molar-refractivity contribution in [1.29, 1.82) is 0 Å². The van der Waals surface area contributed by atoms with E-state index in [1.165, 1.54) is 6.07 Å². The highest BCUT2D eigenvalue weighted by Gasteiger charge is 2.37. The number of sulfonamides is 1. The van der Waals surface area contributed by atoms with Crippen LogP contribution < -0.4 is 5.73 Å². The molecule has 0 aromatic heterocycles. The van der Waals surface area contributed by atoms with Crippen molar-refractivity contribution in [2.24, 2.45) is 11.7 Å². The molecule has 106 valence electrons. The summed E-state index contributed by atoms with van der Waals surface area (Å²) >= 11 is 5.92. The highest BCUT2D eigenvalue weighted by Crippen LogP contribution is 2.31. The molecule has 2 atom stereocenters. The highest BCUT2D eigenvalue weighted by atomic mass is 35.5. The second-order valence-electron chi connectivity index (χ2n) is 5.17. The van der Waals surface area contributed by atoms with Crippen LogP contribution in [0.4, 0.5) is 0 Å². The topological polar surface area (TPSA) is 63.4 Å². The van der Waals surface area contributed by atoms with E-state index in [1.807, 2.05) is 6.92 Å². The molecule has 4 nitrogen and oxygen atoms in total. The summed E-state index contributed by atoms with van der Waals surface area (Å²) in [7, 11) is -3.49. The summed E-state index contributed by atoms with van der Waals surface area (Å²) in [6, 6.07) is 4.94. The Hall–Kier alpha value is -0.620. The summed E-state index contributed by atoms with van der Waals surface area (Å²) in [5.41, 5.74) is 6.37. The lowest BCUT2D eigenvalue weighted by molar-refractivity contribution is 0.404. The quantitative estimate of drug-likeness (QED) is 0.929. The van der Waals surface area contributed by atoms with E-state index in [-0.39, 0.29) is 12.0 Å². The predicted molar refractivity (Wildman–Crippen MR) is 76.7 cm³/mol. The van der Waals surface area contributed by atoms with Crippen LogP contribution in [0.5, 0.6) is 0 Å². The van der Waals surface area contributed by atoms with Crippen LogP contribution in [0, 0.1) is 12.8 Å². The van der Waals surface area contributed by atoms with Crippen molar-refractivity contribution < 1.29 is 8.42 Å². The third-order valence-corrected chi connectivity index (χ3v) is 6.03. The number of benzene rings is 1. The van der Waals surface area contributed by atoms with Crippen LogP contribution in [0.2, 0.25) is 5.02 Å². The van der Waals surface area contributed by atoms with E-state index < -0.39 is 10.0 Å². The first-order valence-electron chi connectivity index (χ1n) is 6.34. The number of hydrogen-bond donors (Lipinski definition) is 1. The van der Waals surface area contributed by atoms with Crippen molar-refractivity contribution in [3.8, 4) is 0 Å². The molecular formula is C13H19ClN2O2S. The molecule has 0 amide bonds. The van der Waals surface area contributed by atoms with E-state index in [0.717, 1.165) is 6.42 Å². The molecule has 0 aliphatic carbocycles. The van der Waals surface area contributed by atoms with Gasteiger partial charge >= 0.3 is 0 Å². The molecule has 1 heterocycles. The number of nitrogens with zero attached hydrogens (tertiary/aromatic N) is 1. The van der Waals surface area contributed by atoms with Gasteiger partial charge in [-0.1, -0.05) is 17.7 Å². The summed E-state index contributed by atoms with van der Waals surface area (Å²) in [6.45, 7) is 4.72. The van der Waals surface area contributed by atoms with Gasteiger partial charge in [0.25, 0.3) is 0 Å². The van der Waals surface area contributed by atoms with Crippen LogP contribution in [0.1, 0.15) is 18.9 Å². The van der Waals surface area contributed by atoms with Crippen LogP contribution in [0.15, 0.2) is 23.1 Å². The van der Waals surface area contributed by atoms with E-state index in [0.29, 0.717) is 28.6 Å². The van der Waals surface area contributed by atoms with Gasteiger partial charge in [-0.2, -0.15) is 4.31 Å². The molecule has 1 fully saturated rings. The number of halogens is 1. The molecule has 0 saturated carbocycles. The molecule has 1 aliphatic heterocycles. The fraction of sp³-hybridized carbons (Fsp3) is 0.538. The number of hydrogen-bond acceptors (Lipinski definition) is 3. The van der Waals surface area contributed by atoms with Gasteiger partial charge in [-0.15, -0.1) is 0 Å². The summed E-state index contributed by atoms with van der Waals surface area (Å²) < 4.78 is 27.0. The first-order valence-corrected chi connectivity index (χ1v) is 8.16. The summed E-state index contributed by atoms with van der Waals surface area (Å²) in [6.07, 6.45) is 0.815. The van der Waals surface area contributed by atoms with Crippen LogP contribution in [0.25, 0.3) is 0 Å². The molecule has 0 bridgehead atoms. The van der Waals surface area contributed by atoms with Crippen molar-refractivity contribution in [3.05, 3.63) is 28.8 Å². The van der Waals surface area contributed by atoms with Gasteiger partial charge in [0, 0.05) is 17.6 Å². The zero-order valence-electron chi connectivity index (χ0n) is 11.1. The first-order chi connectivity index (χ1) is 8.86. The monoisotopic (exact) mass is 302 g/mol. The smallest absolute Gasteiger partial charge is 0.243 e. The van der Waals surface area contributed by atoms with Gasteiger partial charge in [0.1, 0.15) is 0 Å². The molecule has 0 spiro atoms. The molecule has 19 heavy (non-hydrogen) atoms. The van der Waals surface area contributed by atoms with E-state index >= 15 is 0 Å². The van der Waals surface area contributed by atoms with Crippen LogP contribution in [-0.4, -0.2) is 31.9 Å². The standard InChI is InChI=1S/C13H19ClN2O2S/c1-9-3-4-12(14)6-13(9)19(17,18)16-8-11(7-15)5-10(16)2/h3-4,6,10-11H,5,7-8,15H2,1-2H3. The Morgan fingerprint density at radius 1 is 1.47 bits per heavy atom. The maximum Gasteiger partial charge on any atom is 0.243 e. The lowest BCUT2D eigenvalue weighted by atomic mass is 10.1. The Morgan fingerprint density at radius 2 is 2.16 bits per heavy atom. The highest BCUT2D eigenvalue weighted by molar-refractivity contribution is 7.89. The number of nitrogens with two attached hydrogens (primary N) is 1. The third kappa shape index (κ3) is 2.79. The molecule has 2 N–H and O–H groups in total. The Kier molecular flexibility index (Phi) is 4.20. The molecule has 2 rings (SSSR count). The van der Waals surface area contributed by atoms with Gasteiger partial charge in [0.2, 0.25) is 10.0 Å². The fourth-order valence-corrected chi connectivity index (χ4v) is 4.80. The van der Waals surface area contributed by atoms with Gasteiger partial charge in [0.15, 0.2) is 0 Å². The molecule has 0 radical (unpaired) electrons. The van der Waals surface area contributed by atoms with Crippen LogP contribution in [0.3, 0.4) is 0 Å². The molecule has 6 heteroatoms. The maximum absolute atomic E-state index is 12.7. The Labute approximate surface area is 119 Å². The Bertz CT molecular complexity index is 574. The molecule has 1 aromatic rings. The van der Waals surface area contributed by atoms with Gasteiger partial charge in [-0.3, -0.25) is 0 Å². The van der Waals surface area contributed by atoms with Crippen molar-refractivity contribution in [2.75, 3.05) is 13.1 Å². The van der Waals surface area contributed by atoms with E-state index in [9.17, 15) is 8.42 Å². The SMILES string of the molecule is Cc1ccc(Cl)cc1S(=O)(=O)N1CC(CN)CC1C. The normalized spacial score (nSPS) is 24.8. The first kappa shape index (κ1) is 14.8. The van der Waals surface area contributed by atoms with Crippen LogP contribution in [-0.2, 0) is 10.0 Å². The van der Waals surface area contributed by atoms with Gasteiger partial charge in [-0.05, 0) is 50.4 Å². The maximum atomic E-state index is 12.7. The Balaban J connectivity index is 2.40. The number of aryl methyl sites for hydroxylation is 1. The minimum atomic E-state index is -3.49. The molecule has 1 saturated heterocycles. The van der Waals surface area contributed by atoms with Gasteiger partial charge in [0.05, 0.1) is 4.90 Å². The van der Waals surface area contributed by atoms with E-state index in [4.69, 9.17) is 17.3 Å². The number of rotatable bonds is 3. The molecule has 2 unspecified atom stereocenters. The summed E-state index contributed by atoms with van der Waals surface area (Å²) in [5, 5.41) is 0.436. The second-order valence-corrected chi connectivity index (χ2v) is 7.47. The summed E-state index contributed by atoms with van der Waals surface area (Å²) in [4.78, 5) is 0.296.